The summed E-state index contributed by atoms with van der Waals surface area (Å²) in [5.74, 6) is -0.343. The molecule has 0 unspecified atom stereocenters. The highest BCUT2D eigenvalue weighted by atomic mass is 32.1. The summed E-state index contributed by atoms with van der Waals surface area (Å²) in [5.41, 5.74) is 0.460. The van der Waals surface area contributed by atoms with E-state index in [2.05, 4.69) is 15.3 Å². The van der Waals surface area contributed by atoms with Crippen molar-refractivity contribution in [3.63, 3.8) is 0 Å². The first-order valence-electron chi connectivity index (χ1n) is 8.57. The molecule has 25 heavy (non-hydrogen) atoms. The molecule has 1 amide bonds. The second kappa shape index (κ2) is 6.80. The zero-order valence-corrected chi connectivity index (χ0v) is 14.6. The van der Waals surface area contributed by atoms with Crippen LogP contribution in [0.3, 0.4) is 0 Å². The monoisotopic (exact) mass is 353 g/mol. The Balaban J connectivity index is 1.61. The number of hydrogen-bond acceptors (Lipinski definition) is 5. The van der Waals surface area contributed by atoms with Crippen molar-refractivity contribution in [3.05, 3.63) is 45.3 Å². The summed E-state index contributed by atoms with van der Waals surface area (Å²) in [6.07, 6.45) is 9.50. The predicted octanol–water partition coefficient (Wildman–Crippen LogP) is 2.62. The van der Waals surface area contributed by atoms with Gasteiger partial charge in [-0.1, -0.05) is 48.8 Å². The van der Waals surface area contributed by atoms with E-state index in [1.807, 2.05) is 24.3 Å². The Morgan fingerprint density at radius 3 is 2.84 bits per heavy atom. The zero-order chi connectivity index (χ0) is 17.2. The maximum absolute atomic E-state index is 12.2. The smallest absolute Gasteiger partial charge is 0.277 e. The van der Waals surface area contributed by atoms with E-state index in [0.717, 1.165) is 18.1 Å². The lowest BCUT2D eigenvalue weighted by Crippen LogP contribution is -2.29. The molecule has 6 heteroatoms. The van der Waals surface area contributed by atoms with Gasteiger partial charge in [-0.15, -0.1) is 0 Å². The van der Waals surface area contributed by atoms with Crippen LogP contribution < -0.4 is 15.9 Å². The molecular formula is C19H19N3O2S. The van der Waals surface area contributed by atoms with Crippen molar-refractivity contribution in [2.24, 2.45) is 4.99 Å². The largest absolute Gasteiger partial charge is 0.492 e. The SMILES string of the molecule is O=C1N=c2ccccc2=C/C1=C\c1sc(NC2CCCCC2)nc1O. The van der Waals surface area contributed by atoms with E-state index in [1.165, 1.54) is 30.6 Å². The number of nitrogens with zero attached hydrogens (tertiary/aromatic N) is 2. The number of carbonyl (C=O) groups excluding carboxylic acids is 1. The molecule has 0 saturated heterocycles. The summed E-state index contributed by atoms with van der Waals surface area (Å²) < 4.78 is 0. The third-order valence-corrected chi connectivity index (χ3v) is 5.49. The lowest BCUT2D eigenvalue weighted by molar-refractivity contribution is -0.114. The van der Waals surface area contributed by atoms with Gasteiger partial charge in [-0.2, -0.15) is 4.98 Å². The second-order valence-corrected chi connectivity index (χ2v) is 7.44. The van der Waals surface area contributed by atoms with Gasteiger partial charge in [-0.05, 0) is 31.1 Å². The Bertz CT molecular complexity index is 955. The van der Waals surface area contributed by atoms with E-state index < -0.39 is 0 Å². The standard InChI is InChI=1S/C19H19N3O2S/c23-17-13(10-12-6-4-5-9-15(12)21-17)11-16-18(24)22-19(25-16)20-14-7-2-1-3-8-14/h4-6,9-11,14,24H,1-3,7-8H2,(H,20,22)/b13-11+. The van der Waals surface area contributed by atoms with E-state index in [4.69, 9.17) is 0 Å². The molecule has 0 bridgehead atoms. The Kier molecular flexibility index (Phi) is 4.36. The summed E-state index contributed by atoms with van der Waals surface area (Å²) in [5, 5.41) is 15.8. The van der Waals surface area contributed by atoms with Crippen molar-refractivity contribution >= 4 is 34.5 Å². The Hall–Kier alpha value is -2.47. The summed E-state index contributed by atoms with van der Waals surface area (Å²) in [4.78, 5) is 21.1. The highest BCUT2D eigenvalue weighted by molar-refractivity contribution is 7.16. The van der Waals surface area contributed by atoms with Crippen LogP contribution in [-0.2, 0) is 4.79 Å². The van der Waals surface area contributed by atoms with Gasteiger partial charge < -0.3 is 10.4 Å². The number of aromatic nitrogens is 1. The van der Waals surface area contributed by atoms with Crippen LogP contribution >= 0.6 is 11.3 Å². The maximum atomic E-state index is 12.2. The van der Waals surface area contributed by atoms with Crippen LogP contribution in [0.1, 0.15) is 37.0 Å². The first-order chi connectivity index (χ1) is 12.2. The number of amides is 1. The fourth-order valence-electron chi connectivity index (χ4n) is 3.26. The van der Waals surface area contributed by atoms with Crippen molar-refractivity contribution in [3.8, 4) is 5.88 Å². The fourth-order valence-corrected chi connectivity index (χ4v) is 4.15. The number of para-hydroxylation sites is 1. The molecule has 2 heterocycles. The number of hydrogen-bond donors (Lipinski definition) is 2. The van der Waals surface area contributed by atoms with Gasteiger partial charge >= 0.3 is 0 Å². The number of rotatable bonds is 3. The molecule has 4 rings (SSSR count). The maximum Gasteiger partial charge on any atom is 0.277 e. The quantitative estimate of drug-likeness (QED) is 0.832. The Morgan fingerprint density at radius 2 is 2.00 bits per heavy atom. The van der Waals surface area contributed by atoms with E-state index in [1.54, 1.807) is 12.2 Å². The number of fused-ring (bicyclic) bond motifs is 1. The molecule has 1 aliphatic heterocycles. The van der Waals surface area contributed by atoms with E-state index >= 15 is 0 Å². The zero-order valence-electron chi connectivity index (χ0n) is 13.7. The number of aromatic hydroxyl groups is 1. The Labute approximate surface area is 149 Å². The molecule has 1 fully saturated rings. The summed E-state index contributed by atoms with van der Waals surface area (Å²) >= 11 is 1.37. The van der Waals surface area contributed by atoms with Crippen LogP contribution in [0.25, 0.3) is 12.2 Å². The van der Waals surface area contributed by atoms with Crippen molar-refractivity contribution < 1.29 is 9.90 Å². The van der Waals surface area contributed by atoms with Crippen LogP contribution in [0.2, 0.25) is 0 Å². The van der Waals surface area contributed by atoms with E-state index in [-0.39, 0.29) is 11.8 Å². The molecule has 0 radical (unpaired) electrons. The van der Waals surface area contributed by atoms with Crippen LogP contribution in [-0.4, -0.2) is 22.0 Å². The van der Waals surface area contributed by atoms with Crippen LogP contribution in [0.5, 0.6) is 5.88 Å². The second-order valence-electron chi connectivity index (χ2n) is 6.41. The highest BCUT2D eigenvalue weighted by Gasteiger charge is 2.17. The summed E-state index contributed by atoms with van der Waals surface area (Å²) in [6.45, 7) is 0. The number of anilines is 1. The van der Waals surface area contributed by atoms with Crippen LogP contribution in [0.15, 0.2) is 34.8 Å². The molecule has 1 saturated carbocycles. The molecular weight excluding hydrogens is 334 g/mol. The average Bonchev–Trinajstić information content (AvgIpc) is 2.95. The third kappa shape index (κ3) is 3.49. The molecule has 2 aromatic rings. The topological polar surface area (TPSA) is 74.6 Å². The molecule has 5 nitrogen and oxygen atoms in total. The van der Waals surface area contributed by atoms with Crippen molar-refractivity contribution in [2.75, 3.05) is 5.32 Å². The van der Waals surface area contributed by atoms with Gasteiger partial charge in [0.05, 0.1) is 10.2 Å². The number of thiazole rings is 1. The average molecular weight is 353 g/mol. The molecule has 0 atom stereocenters. The number of benzene rings is 1. The Morgan fingerprint density at radius 1 is 1.20 bits per heavy atom. The van der Waals surface area contributed by atoms with E-state index in [9.17, 15) is 9.90 Å². The van der Waals surface area contributed by atoms with Crippen molar-refractivity contribution in [1.29, 1.82) is 0 Å². The molecule has 2 aliphatic rings. The van der Waals surface area contributed by atoms with Crippen molar-refractivity contribution in [2.45, 2.75) is 38.1 Å². The molecule has 1 aromatic heterocycles. The minimum Gasteiger partial charge on any atom is -0.492 e. The first kappa shape index (κ1) is 16.0. The summed E-state index contributed by atoms with van der Waals surface area (Å²) in [7, 11) is 0. The van der Waals surface area contributed by atoms with Gasteiger partial charge in [0.25, 0.3) is 5.91 Å². The third-order valence-electron chi connectivity index (χ3n) is 4.57. The van der Waals surface area contributed by atoms with Gasteiger partial charge in [-0.25, -0.2) is 4.99 Å². The first-order valence-corrected chi connectivity index (χ1v) is 9.38. The van der Waals surface area contributed by atoms with Crippen LogP contribution in [0, 0.1) is 0 Å². The molecule has 128 valence electrons. The lowest BCUT2D eigenvalue weighted by Gasteiger charge is -2.22. The minimum atomic E-state index is -0.298. The van der Waals surface area contributed by atoms with Gasteiger partial charge in [0.1, 0.15) is 0 Å². The van der Waals surface area contributed by atoms with E-state index in [0.29, 0.717) is 27.0 Å². The molecule has 1 aromatic carbocycles. The fraction of sp³-hybridized carbons (Fsp3) is 0.316. The minimum absolute atomic E-state index is 0.0455. The van der Waals surface area contributed by atoms with Crippen molar-refractivity contribution in [1.82, 2.24) is 4.98 Å². The number of carbonyl (C=O) groups is 1. The van der Waals surface area contributed by atoms with Gasteiger partial charge in [0.2, 0.25) is 5.88 Å². The number of nitrogens with one attached hydrogen (secondary N) is 1. The van der Waals surface area contributed by atoms with Gasteiger partial charge in [0, 0.05) is 16.8 Å². The normalized spacial score (nSPS) is 19.2. The predicted molar refractivity (Wildman–Crippen MR) is 98.9 cm³/mol. The van der Waals surface area contributed by atoms with Gasteiger partial charge in [-0.3, -0.25) is 4.79 Å². The molecule has 0 spiro atoms. The van der Waals surface area contributed by atoms with Crippen LogP contribution in [0.4, 0.5) is 5.13 Å². The highest BCUT2D eigenvalue weighted by Crippen LogP contribution is 2.32. The summed E-state index contributed by atoms with van der Waals surface area (Å²) in [6, 6.07) is 7.92. The molecule has 1 aliphatic carbocycles. The van der Waals surface area contributed by atoms with Gasteiger partial charge in [0.15, 0.2) is 5.13 Å². The lowest BCUT2D eigenvalue weighted by atomic mass is 9.96. The molecule has 2 N–H and O–H groups in total.